The molecule has 0 spiro atoms. The number of ether oxygens (including phenoxy) is 1. The van der Waals surface area contributed by atoms with Crippen LogP contribution in [0.4, 0.5) is 0 Å². The zero-order valence-corrected chi connectivity index (χ0v) is 20.0. The average molecular weight is 448 g/mol. The molecule has 3 N–H and O–H groups in total. The van der Waals surface area contributed by atoms with Crippen molar-refractivity contribution in [3.8, 4) is 0 Å². The van der Waals surface area contributed by atoms with Gasteiger partial charge in [-0.3, -0.25) is 4.79 Å². The van der Waals surface area contributed by atoms with E-state index in [1.807, 2.05) is 0 Å². The van der Waals surface area contributed by atoms with Crippen molar-refractivity contribution in [3.63, 3.8) is 0 Å². The summed E-state index contributed by atoms with van der Waals surface area (Å²) in [5, 5.41) is 21.4. The van der Waals surface area contributed by atoms with Crippen LogP contribution in [0, 0.1) is 0 Å². The Bertz CT molecular complexity index is 422. The number of aliphatic hydroxyl groups excluding tert-OH is 1. The number of amides is 1. The molecule has 0 aliphatic carbocycles. The number of aliphatic carboxylic acids is 1. The molecule has 0 aliphatic rings. The van der Waals surface area contributed by atoms with Gasteiger partial charge in [-0.05, 0) is 6.42 Å². The molecule has 0 aromatic heterocycles. The highest BCUT2D eigenvalue weighted by molar-refractivity contribution is 7.99. The van der Waals surface area contributed by atoms with Crippen LogP contribution < -0.4 is 5.32 Å². The van der Waals surface area contributed by atoms with E-state index in [1.54, 1.807) is 0 Å². The van der Waals surface area contributed by atoms with Gasteiger partial charge in [0.05, 0.1) is 12.7 Å². The smallest absolute Gasteiger partial charge is 0.327 e. The summed E-state index contributed by atoms with van der Waals surface area (Å²) >= 11 is 1.30. The van der Waals surface area contributed by atoms with Gasteiger partial charge in [-0.1, -0.05) is 84.0 Å². The molecule has 0 aromatic rings. The van der Waals surface area contributed by atoms with Gasteiger partial charge in [-0.2, -0.15) is 11.8 Å². The number of carboxylic acid groups (broad SMARTS) is 1. The van der Waals surface area contributed by atoms with Crippen LogP contribution in [0.2, 0.25) is 0 Å². The van der Waals surface area contributed by atoms with Gasteiger partial charge < -0.3 is 20.3 Å². The number of methoxy groups -OCH3 is 1. The lowest BCUT2D eigenvalue weighted by Crippen LogP contribution is -2.42. The first-order chi connectivity index (χ1) is 14.5. The monoisotopic (exact) mass is 447 g/mol. The lowest BCUT2D eigenvalue weighted by molar-refractivity contribution is -0.141. The number of nitrogens with one attached hydrogen (secondary N) is 1. The number of thioether (sulfide) groups is 1. The van der Waals surface area contributed by atoms with Crippen LogP contribution in [-0.4, -0.2) is 59.5 Å². The van der Waals surface area contributed by atoms with Gasteiger partial charge in [0, 0.05) is 25.0 Å². The van der Waals surface area contributed by atoms with Crippen molar-refractivity contribution in [1.29, 1.82) is 0 Å². The molecule has 178 valence electrons. The van der Waals surface area contributed by atoms with Crippen LogP contribution >= 0.6 is 11.8 Å². The lowest BCUT2D eigenvalue weighted by Gasteiger charge is -2.15. The van der Waals surface area contributed by atoms with E-state index in [0.29, 0.717) is 12.2 Å². The first-order valence-corrected chi connectivity index (χ1v) is 12.9. The normalized spacial score (nSPS) is 13.2. The number of unbranched alkanes of at least 4 members (excludes halogenated alkanes) is 12. The second kappa shape index (κ2) is 21.4. The molecule has 0 bridgehead atoms. The van der Waals surface area contributed by atoms with Gasteiger partial charge in [0.25, 0.3) is 0 Å². The zero-order chi connectivity index (χ0) is 22.5. The third-order valence-electron chi connectivity index (χ3n) is 5.09. The first-order valence-electron chi connectivity index (χ1n) is 11.8. The van der Waals surface area contributed by atoms with Crippen molar-refractivity contribution in [2.24, 2.45) is 0 Å². The van der Waals surface area contributed by atoms with Crippen LogP contribution in [0.1, 0.15) is 96.8 Å². The topological polar surface area (TPSA) is 95.9 Å². The molecule has 0 rings (SSSR count). The molecule has 0 aromatic carbocycles. The van der Waals surface area contributed by atoms with E-state index in [0.717, 1.165) is 19.3 Å². The Hall–Kier alpha value is -0.790. The van der Waals surface area contributed by atoms with Gasteiger partial charge in [-0.15, -0.1) is 0 Å². The van der Waals surface area contributed by atoms with Crippen molar-refractivity contribution >= 4 is 23.6 Å². The Kier molecular flexibility index (Phi) is 20.9. The third-order valence-corrected chi connectivity index (χ3v) is 6.28. The number of hydrogen-bond acceptors (Lipinski definition) is 5. The number of rotatable bonds is 22. The summed E-state index contributed by atoms with van der Waals surface area (Å²) in [6, 6.07) is -0.917. The van der Waals surface area contributed by atoms with E-state index >= 15 is 0 Å². The zero-order valence-electron chi connectivity index (χ0n) is 19.2. The number of carbonyl (C=O) groups is 2. The molecule has 0 heterocycles. The Balaban J connectivity index is 3.62. The largest absolute Gasteiger partial charge is 0.480 e. The highest BCUT2D eigenvalue weighted by Gasteiger charge is 2.20. The van der Waals surface area contributed by atoms with Gasteiger partial charge in [0.15, 0.2) is 0 Å². The van der Waals surface area contributed by atoms with E-state index < -0.39 is 18.1 Å². The van der Waals surface area contributed by atoms with Crippen LogP contribution in [0.3, 0.4) is 0 Å². The van der Waals surface area contributed by atoms with Crippen molar-refractivity contribution in [2.45, 2.75) is 109 Å². The van der Waals surface area contributed by atoms with Crippen molar-refractivity contribution < 1.29 is 24.5 Å². The molecule has 1 amide bonds. The highest BCUT2D eigenvalue weighted by atomic mass is 32.2. The molecule has 6 nitrogen and oxygen atoms in total. The third kappa shape index (κ3) is 19.2. The molecule has 0 saturated carbocycles. The summed E-state index contributed by atoms with van der Waals surface area (Å²) in [6.45, 7) is 2.47. The Morgan fingerprint density at radius 3 is 1.83 bits per heavy atom. The second-order valence-electron chi connectivity index (χ2n) is 8.10. The first kappa shape index (κ1) is 29.2. The van der Waals surface area contributed by atoms with Crippen LogP contribution in [0.25, 0.3) is 0 Å². The van der Waals surface area contributed by atoms with E-state index in [-0.39, 0.29) is 18.3 Å². The summed E-state index contributed by atoms with van der Waals surface area (Å²) < 4.78 is 4.84. The quantitative estimate of drug-likeness (QED) is 0.207. The maximum absolute atomic E-state index is 12.0. The van der Waals surface area contributed by atoms with Crippen molar-refractivity contribution in [2.75, 3.05) is 25.2 Å². The van der Waals surface area contributed by atoms with Gasteiger partial charge >= 0.3 is 5.97 Å². The summed E-state index contributed by atoms with van der Waals surface area (Å²) in [6.07, 6.45) is 16.0. The molecule has 7 heteroatoms. The fourth-order valence-electron chi connectivity index (χ4n) is 3.31. The number of hydrogen-bond donors (Lipinski definition) is 3. The molecule has 0 saturated heterocycles. The minimum absolute atomic E-state index is 0.205. The minimum Gasteiger partial charge on any atom is -0.480 e. The summed E-state index contributed by atoms with van der Waals surface area (Å²) in [4.78, 5) is 23.3. The summed E-state index contributed by atoms with van der Waals surface area (Å²) in [5.41, 5.74) is 0. The summed E-state index contributed by atoms with van der Waals surface area (Å²) in [5.74, 6) is -0.627. The Morgan fingerprint density at radius 2 is 1.37 bits per heavy atom. The maximum atomic E-state index is 12.0. The molecule has 1 unspecified atom stereocenters. The number of carboxylic acids is 1. The molecule has 0 aliphatic heterocycles. The molecule has 2 atom stereocenters. The van der Waals surface area contributed by atoms with Gasteiger partial charge in [0.1, 0.15) is 6.04 Å². The van der Waals surface area contributed by atoms with E-state index in [2.05, 4.69) is 12.2 Å². The Labute approximate surface area is 187 Å². The fourth-order valence-corrected chi connectivity index (χ4v) is 4.27. The molecule has 0 fully saturated rings. The van der Waals surface area contributed by atoms with Gasteiger partial charge in [0.2, 0.25) is 5.91 Å². The van der Waals surface area contributed by atoms with Crippen LogP contribution in [0.5, 0.6) is 0 Å². The molecule has 30 heavy (non-hydrogen) atoms. The lowest BCUT2D eigenvalue weighted by atomic mass is 10.0. The van der Waals surface area contributed by atoms with Crippen LogP contribution in [-0.2, 0) is 14.3 Å². The SMILES string of the molecule is CCCCCCCCCCCCCCCC(=O)NC(CSC[C@H](O)COC)C(=O)O. The van der Waals surface area contributed by atoms with Gasteiger partial charge in [-0.25, -0.2) is 4.79 Å². The van der Waals surface area contributed by atoms with Crippen molar-refractivity contribution in [1.82, 2.24) is 5.32 Å². The average Bonchev–Trinajstić information content (AvgIpc) is 2.70. The molecular formula is C23H45NO5S. The van der Waals surface area contributed by atoms with Crippen LogP contribution in [0.15, 0.2) is 0 Å². The number of carbonyl (C=O) groups excluding carboxylic acids is 1. The minimum atomic E-state index is -1.04. The highest BCUT2D eigenvalue weighted by Crippen LogP contribution is 2.13. The standard InChI is InChI=1S/C23H45NO5S/c1-3-4-5-6-7-8-9-10-11-12-13-14-15-16-22(26)24-21(23(27)28)19-30-18-20(25)17-29-2/h20-21,25H,3-19H2,1-2H3,(H,24,26)(H,27,28)/t20-,21?/m1/s1. The van der Waals surface area contributed by atoms with E-state index in [1.165, 1.54) is 83.1 Å². The predicted octanol–water partition coefficient (Wildman–Crippen LogP) is 4.78. The predicted molar refractivity (Wildman–Crippen MR) is 125 cm³/mol. The number of aliphatic hydroxyl groups is 1. The molecule has 0 radical (unpaired) electrons. The second-order valence-corrected chi connectivity index (χ2v) is 9.17. The maximum Gasteiger partial charge on any atom is 0.327 e. The fraction of sp³-hybridized carbons (Fsp3) is 0.913. The summed E-state index contributed by atoms with van der Waals surface area (Å²) in [7, 11) is 1.50. The van der Waals surface area contributed by atoms with E-state index in [4.69, 9.17) is 4.74 Å². The van der Waals surface area contributed by atoms with E-state index in [9.17, 15) is 19.8 Å². The van der Waals surface area contributed by atoms with Crippen molar-refractivity contribution in [3.05, 3.63) is 0 Å². The Morgan fingerprint density at radius 1 is 0.867 bits per heavy atom. The molecular weight excluding hydrogens is 402 g/mol.